The van der Waals surface area contributed by atoms with E-state index in [1.54, 1.807) is 6.07 Å². The number of ether oxygens (including phenoxy) is 1. The standard InChI is InChI=1S/C22H26N4O3/c1-3-29-21-12-19-15(13-26(25-19)16-7-9-17(27)10-8-16)11-20(21)24-22(28)18-6-4-5-14(2)23-18/h4-6,11-13,16-17,27H,3,7-10H2,1-2H3,(H,24,28). The molecule has 29 heavy (non-hydrogen) atoms. The molecule has 0 unspecified atom stereocenters. The van der Waals surface area contributed by atoms with Crippen LogP contribution in [0, 0.1) is 6.92 Å². The van der Waals surface area contributed by atoms with E-state index in [1.165, 1.54) is 0 Å². The van der Waals surface area contributed by atoms with E-state index >= 15 is 0 Å². The van der Waals surface area contributed by atoms with Crippen LogP contribution in [0.3, 0.4) is 0 Å². The summed E-state index contributed by atoms with van der Waals surface area (Å²) in [4.78, 5) is 17.0. The van der Waals surface area contributed by atoms with Crippen LogP contribution < -0.4 is 10.1 Å². The predicted molar refractivity (Wildman–Crippen MR) is 111 cm³/mol. The van der Waals surface area contributed by atoms with Gasteiger partial charge in [-0.2, -0.15) is 5.10 Å². The highest BCUT2D eigenvalue weighted by Gasteiger charge is 2.22. The molecule has 0 aliphatic heterocycles. The molecule has 1 saturated carbocycles. The van der Waals surface area contributed by atoms with Crippen LogP contribution in [0.4, 0.5) is 5.69 Å². The predicted octanol–water partition coefficient (Wildman–Crippen LogP) is 3.87. The molecule has 0 radical (unpaired) electrons. The first-order valence-electron chi connectivity index (χ1n) is 10.1. The highest BCUT2D eigenvalue weighted by atomic mass is 16.5. The zero-order valence-electron chi connectivity index (χ0n) is 16.8. The van der Waals surface area contributed by atoms with E-state index in [2.05, 4.69) is 10.3 Å². The van der Waals surface area contributed by atoms with Crippen molar-refractivity contribution >= 4 is 22.5 Å². The number of nitrogens with zero attached hydrogens (tertiary/aromatic N) is 3. The fraction of sp³-hybridized carbons (Fsp3) is 0.409. The summed E-state index contributed by atoms with van der Waals surface area (Å²) in [7, 11) is 0. The Kier molecular flexibility index (Phi) is 5.49. The van der Waals surface area contributed by atoms with Gasteiger partial charge >= 0.3 is 0 Å². The largest absolute Gasteiger partial charge is 0.492 e. The number of nitrogens with one attached hydrogen (secondary N) is 1. The van der Waals surface area contributed by atoms with Gasteiger partial charge in [0.1, 0.15) is 11.4 Å². The van der Waals surface area contributed by atoms with E-state index < -0.39 is 0 Å². The molecule has 1 aliphatic carbocycles. The maximum absolute atomic E-state index is 12.7. The van der Waals surface area contributed by atoms with E-state index in [9.17, 15) is 9.90 Å². The second-order valence-electron chi connectivity index (χ2n) is 7.53. The van der Waals surface area contributed by atoms with Crippen molar-refractivity contribution in [1.29, 1.82) is 0 Å². The maximum atomic E-state index is 12.7. The van der Waals surface area contributed by atoms with Gasteiger partial charge in [-0.05, 0) is 57.7 Å². The van der Waals surface area contributed by atoms with Crippen LogP contribution in [0.1, 0.15) is 54.8 Å². The molecule has 4 rings (SSSR count). The zero-order valence-corrected chi connectivity index (χ0v) is 16.8. The van der Waals surface area contributed by atoms with Crippen molar-refractivity contribution in [3.63, 3.8) is 0 Å². The van der Waals surface area contributed by atoms with Gasteiger partial charge in [-0.15, -0.1) is 0 Å². The number of fused-ring (bicyclic) bond motifs is 1. The fourth-order valence-electron chi connectivity index (χ4n) is 3.81. The van der Waals surface area contributed by atoms with Crippen molar-refractivity contribution in [3.8, 4) is 5.75 Å². The number of rotatable bonds is 5. The average Bonchev–Trinajstić information content (AvgIpc) is 3.11. The monoisotopic (exact) mass is 394 g/mol. The molecule has 7 heteroatoms. The van der Waals surface area contributed by atoms with Crippen LogP contribution in [-0.4, -0.2) is 38.5 Å². The Balaban J connectivity index is 1.63. The molecule has 2 heterocycles. The molecule has 7 nitrogen and oxygen atoms in total. The molecule has 0 saturated heterocycles. The van der Waals surface area contributed by atoms with E-state index in [1.807, 2.05) is 49.0 Å². The van der Waals surface area contributed by atoms with Crippen LogP contribution in [0.25, 0.3) is 10.9 Å². The van der Waals surface area contributed by atoms with Crippen molar-refractivity contribution in [3.05, 3.63) is 47.9 Å². The lowest BCUT2D eigenvalue weighted by molar-refractivity contribution is 0.102. The molecule has 1 aliphatic rings. The Bertz CT molecular complexity index is 1020. The molecule has 1 fully saturated rings. The van der Waals surface area contributed by atoms with Gasteiger partial charge in [0.2, 0.25) is 0 Å². The molecule has 2 N–H and O–H groups in total. The molecule has 0 atom stereocenters. The van der Waals surface area contributed by atoms with Crippen LogP contribution in [-0.2, 0) is 0 Å². The number of aliphatic hydroxyl groups is 1. The third-order valence-corrected chi connectivity index (χ3v) is 5.33. The van der Waals surface area contributed by atoms with Crippen molar-refractivity contribution < 1.29 is 14.6 Å². The Morgan fingerprint density at radius 3 is 2.79 bits per heavy atom. The summed E-state index contributed by atoms with van der Waals surface area (Å²) in [6, 6.07) is 9.41. The number of anilines is 1. The van der Waals surface area contributed by atoms with Gasteiger partial charge in [0.15, 0.2) is 0 Å². The van der Waals surface area contributed by atoms with Crippen molar-refractivity contribution in [1.82, 2.24) is 14.8 Å². The normalized spacial score (nSPS) is 19.3. The number of benzene rings is 1. The minimum Gasteiger partial charge on any atom is -0.492 e. The summed E-state index contributed by atoms with van der Waals surface area (Å²) in [5, 5.41) is 18.3. The summed E-state index contributed by atoms with van der Waals surface area (Å²) in [5.74, 6) is 0.313. The maximum Gasteiger partial charge on any atom is 0.274 e. The van der Waals surface area contributed by atoms with Crippen molar-refractivity contribution in [2.75, 3.05) is 11.9 Å². The molecule has 0 bridgehead atoms. The van der Waals surface area contributed by atoms with E-state index in [0.717, 1.165) is 42.3 Å². The Labute approximate surface area is 169 Å². The summed E-state index contributed by atoms with van der Waals surface area (Å²) < 4.78 is 7.74. The topological polar surface area (TPSA) is 89.3 Å². The van der Waals surface area contributed by atoms with Crippen LogP contribution >= 0.6 is 0 Å². The lowest BCUT2D eigenvalue weighted by atomic mass is 9.93. The zero-order chi connectivity index (χ0) is 20.4. The Morgan fingerprint density at radius 1 is 1.28 bits per heavy atom. The molecule has 1 aromatic carbocycles. The highest BCUT2D eigenvalue weighted by molar-refractivity contribution is 6.05. The Hall–Kier alpha value is -2.93. The molecule has 152 valence electrons. The molecule has 3 aromatic rings. The van der Waals surface area contributed by atoms with Gasteiger partial charge in [-0.25, -0.2) is 4.98 Å². The summed E-state index contributed by atoms with van der Waals surface area (Å²) in [5.41, 5.74) is 2.58. The van der Waals surface area contributed by atoms with Gasteiger partial charge in [-0.3, -0.25) is 9.48 Å². The lowest BCUT2D eigenvalue weighted by Crippen LogP contribution is -2.21. The molecule has 2 aromatic heterocycles. The summed E-state index contributed by atoms with van der Waals surface area (Å²) >= 11 is 0. The number of carbonyl (C=O) groups excluding carboxylic acids is 1. The quantitative estimate of drug-likeness (QED) is 0.686. The number of amides is 1. The van der Waals surface area contributed by atoms with Crippen LogP contribution in [0.2, 0.25) is 0 Å². The number of carbonyl (C=O) groups is 1. The summed E-state index contributed by atoms with van der Waals surface area (Å²) in [6.07, 6.45) is 5.24. The number of pyridine rings is 1. The lowest BCUT2D eigenvalue weighted by Gasteiger charge is -2.25. The van der Waals surface area contributed by atoms with E-state index in [4.69, 9.17) is 9.84 Å². The first-order chi connectivity index (χ1) is 14.0. The van der Waals surface area contributed by atoms with Gasteiger partial charge in [0.05, 0.1) is 30.0 Å². The Morgan fingerprint density at radius 2 is 2.07 bits per heavy atom. The third-order valence-electron chi connectivity index (χ3n) is 5.33. The first-order valence-corrected chi connectivity index (χ1v) is 10.1. The first kappa shape index (κ1) is 19.4. The van der Waals surface area contributed by atoms with E-state index in [0.29, 0.717) is 23.7 Å². The number of aromatic nitrogens is 3. The average molecular weight is 394 g/mol. The van der Waals surface area contributed by atoms with E-state index in [-0.39, 0.29) is 18.1 Å². The summed E-state index contributed by atoms with van der Waals surface area (Å²) in [6.45, 7) is 4.25. The molecule has 1 amide bonds. The number of aliphatic hydroxyl groups excluding tert-OH is 1. The van der Waals surface area contributed by atoms with Crippen molar-refractivity contribution in [2.45, 2.75) is 51.7 Å². The van der Waals surface area contributed by atoms with Gasteiger partial charge in [0.25, 0.3) is 5.91 Å². The SMILES string of the molecule is CCOc1cc2nn(C3CCC(O)CC3)cc2cc1NC(=O)c1cccc(C)n1. The minimum atomic E-state index is -0.275. The highest BCUT2D eigenvalue weighted by Crippen LogP contribution is 2.33. The van der Waals surface area contributed by atoms with Crippen molar-refractivity contribution in [2.24, 2.45) is 0 Å². The van der Waals surface area contributed by atoms with Gasteiger partial charge in [-0.1, -0.05) is 6.07 Å². The number of hydrogen-bond acceptors (Lipinski definition) is 5. The molecular weight excluding hydrogens is 368 g/mol. The fourth-order valence-corrected chi connectivity index (χ4v) is 3.81. The molecule has 0 spiro atoms. The second-order valence-corrected chi connectivity index (χ2v) is 7.53. The van der Waals surface area contributed by atoms with Gasteiger partial charge in [0, 0.05) is 23.3 Å². The number of aryl methyl sites for hydroxylation is 1. The van der Waals surface area contributed by atoms with Gasteiger partial charge < -0.3 is 15.2 Å². The number of hydrogen-bond donors (Lipinski definition) is 2. The smallest absolute Gasteiger partial charge is 0.274 e. The van der Waals surface area contributed by atoms with Crippen LogP contribution in [0.5, 0.6) is 5.75 Å². The van der Waals surface area contributed by atoms with Crippen LogP contribution in [0.15, 0.2) is 36.5 Å². The minimum absolute atomic E-state index is 0.196. The second kappa shape index (κ2) is 8.21. The third kappa shape index (κ3) is 4.24. The molecular formula is C22H26N4O3.